The SMILES string of the molecule is CC/C=C\C/C=C\C/C=C\C/C=C\C/C=C\CCC(CC)CO[PH](=O)O. The summed E-state index contributed by atoms with van der Waals surface area (Å²) in [5, 5.41) is 0. The van der Waals surface area contributed by atoms with Crippen LogP contribution < -0.4 is 0 Å². The van der Waals surface area contributed by atoms with Crippen LogP contribution in [-0.2, 0) is 9.09 Å². The Balaban J connectivity index is 3.64. The zero-order valence-electron chi connectivity index (χ0n) is 16.5. The molecule has 0 aromatic heterocycles. The molecule has 0 fully saturated rings. The summed E-state index contributed by atoms with van der Waals surface area (Å²) >= 11 is 0. The van der Waals surface area contributed by atoms with Gasteiger partial charge in [0.15, 0.2) is 0 Å². The molecular weight excluding hydrogens is 343 g/mol. The van der Waals surface area contributed by atoms with Gasteiger partial charge >= 0.3 is 8.25 Å². The largest absolute Gasteiger partial charge is 0.326 e. The maximum absolute atomic E-state index is 10.6. The van der Waals surface area contributed by atoms with Crippen molar-refractivity contribution in [3.8, 4) is 0 Å². The van der Waals surface area contributed by atoms with Gasteiger partial charge in [0.25, 0.3) is 0 Å². The van der Waals surface area contributed by atoms with Crippen LogP contribution in [0.4, 0.5) is 0 Å². The second-order valence-electron chi connectivity index (χ2n) is 6.14. The van der Waals surface area contributed by atoms with Crippen molar-refractivity contribution in [1.82, 2.24) is 0 Å². The van der Waals surface area contributed by atoms with Crippen LogP contribution in [0.25, 0.3) is 0 Å². The summed E-state index contributed by atoms with van der Waals surface area (Å²) in [7, 11) is -2.79. The first-order chi connectivity index (χ1) is 12.7. The number of rotatable bonds is 16. The molecule has 0 aliphatic carbocycles. The Morgan fingerprint density at radius 1 is 0.808 bits per heavy atom. The van der Waals surface area contributed by atoms with E-state index in [-0.39, 0.29) is 0 Å². The van der Waals surface area contributed by atoms with Crippen molar-refractivity contribution in [2.45, 2.75) is 65.2 Å². The monoisotopic (exact) mass is 380 g/mol. The maximum Gasteiger partial charge on any atom is 0.316 e. The zero-order chi connectivity index (χ0) is 19.3. The number of allylic oxidation sites excluding steroid dienone is 10. The Kier molecular flexibility index (Phi) is 19.3. The van der Waals surface area contributed by atoms with Crippen molar-refractivity contribution in [2.24, 2.45) is 5.92 Å². The molecule has 0 aliphatic rings. The lowest BCUT2D eigenvalue weighted by molar-refractivity contribution is 0.221. The Morgan fingerprint density at radius 2 is 1.27 bits per heavy atom. The summed E-state index contributed by atoms with van der Waals surface area (Å²) in [6.45, 7) is 4.62. The molecule has 0 radical (unpaired) electrons. The van der Waals surface area contributed by atoms with E-state index in [0.717, 1.165) is 51.4 Å². The summed E-state index contributed by atoms with van der Waals surface area (Å²) in [5.41, 5.74) is 0. The minimum Gasteiger partial charge on any atom is -0.326 e. The summed E-state index contributed by atoms with van der Waals surface area (Å²) in [5.74, 6) is 0.359. The van der Waals surface area contributed by atoms with Crippen LogP contribution >= 0.6 is 8.25 Å². The van der Waals surface area contributed by atoms with Crippen molar-refractivity contribution in [2.75, 3.05) is 6.61 Å². The van der Waals surface area contributed by atoms with Crippen LogP contribution in [-0.4, -0.2) is 11.5 Å². The van der Waals surface area contributed by atoms with Crippen molar-refractivity contribution in [3.05, 3.63) is 60.8 Å². The third-order valence-corrected chi connectivity index (χ3v) is 4.33. The highest BCUT2D eigenvalue weighted by atomic mass is 31.1. The average Bonchev–Trinajstić information content (AvgIpc) is 2.63. The number of hydrogen-bond donors (Lipinski definition) is 1. The maximum atomic E-state index is 10.6. The highest BCUT2D eigenvalue weighted by Gasteiger charge is 2.06. The van der Waals surface area contributed by atoms with E-state index in [1.165, 1.54) is 0 Å². The molecule has 0 rings (SSSR count). The summed E-state index contributed by atoms with van der Waals surface area (Å²) < 4.78 is 15.4. The van der Waals surface area contributed by atoms with E-state index in [1.807, 2.05) is 0 Å². The van der Waals surface area contributed by atoms with E-state index in [1.54, 1.807) is 0 Å². The van der Waals surface area contributed by atoms with Crippen LogP contribution in [0.3, 0.4) is 0 Å². The first-order valence-electron chi connectivity index (χ1n) is 9.81. The minimum atomic E-state index is -2.79. The van der Waals surface area contributed by atoms with Crippen LogP contribution in [0.1, 0.15) is 65.2 Å². The fourth-order valence-corrected chi connectivity index (χ4v) is 2.67. The summed E-state index contributed by atoms with van der Waals surface area (Å²) in [6, 6.07) is 0. The van der Waals surface area contributed by atoms with Gasteiger partial charge in [0.05, 0.1) is 6.61 Å². The second kappa shape index (κ2) is 20.2. The van der Waals surface area contributed by atoms with Crippen molar-refractivity contribution in [3.63, 3.8) is 0 Å². The molecule has 148 valence electrons. The van der Waals surface area contributed by atoms with Gasteiger partial charge in [-0.25, -0.2) is 0 Å². The van der Waals surface area contributed by atoms with Gasteiger partial charge in [0.2, 0.25) is 0 Å². The standard InChI is InChI=1S/C22H37O3P/c1-3-5-6-7-8-9-10-11-12-13-14-15-16-17-18-19-20-22(4-2)21-25-26(23)24/h5-6,8-9,11-12,14-15,17-18,22,26H,3-4,7,10,13,16,19-21H2,1-2H3,(H,23,24)/b6-5-,9-8-,12-11-,15-14-,18-17-. The molecule has 0 heterocycles. The predicted molar refractivity (Wildman–Crippen MR) is 115 cm³/mol. The van der Waals surface area contributed by atoms with E-state index in [2.05, 4.69) is 74.6 Å². The topological polar surface area (TPSA) is 46.5 Å². The second-order valence-corrected chi connectivity index (χ2v) is 6.96. The smallest absolute Gasteiger partial charge is 0.316 e. The van der Waals surface area contributed by atoms with Gasteiger partial charge in [0.1, 0.15) is 0 Å². The average molecular weight is 381 g/mol. The molecule has 0 amide bonds. The third kappa shape index (κ3) is 19.2. The van der Waals surface area contributed by atoms with Gasteiger partial charge in [-0.3, -0.25) is 4.57 Å². The Morgan fingerprint density at radius 3 is 1.69 bits per heavy atom. The van der Waals surface area contributed by atoms with Crippen LogP contribution in [0.5, 0.6) is 0 Å². The fourth-order valence-electron chi connectivity index (χ4n) is 2.29. The molecule has 26 heavy (non-hydrogen) atoms. The van der Waals surface area contributed by atoms with Gasteiger partial charge in [0, 0.05) is 0 Å². The van der Waals surface area contributed by atoms with E-state index in [4.69, 9.17) is 9.42 Å². The quantitative estimate of drug-likeness (QED) is 0.233. The lowest BCUT2D eigenvalue weighted by Crippen LogP contribution is -2.05. The molecule has 0 saturated carbocycles. The third-order valence-electron chi connectivity index (χ3n) is 3.92. The Bertz CT molecular complexity index is 476. The van der Waals surface area contributed by atoms with Crippen LogP contribution in [0.2, 0.25) is 0 Å². The van der Waals surface area contributed by atoms with Crippen molar-refractivity contribution in [1.29, 1.82) is 0 Å². The minimum absolute atomic E-state index is 0.359. The molecular formula is C22H37O3P. The van der Waals surface area contributed by atoms with E-state index >= 15 is 0 Å². The molecule has 2 atom stereocenters. The van der Waals surface area contributed by atoms with Gasteiger partial charge in [-0.1, -0.05) is 81.0 Å². The van der Waals surface area contributed by atoms with Crippen LogP contribution in [0, 0.1) is 5.92 Å². The predicted octanol–water partition coefficient (Wildman–Crippen LogP) is 6.94. The molecule has 3 nitrogen and oxygen atoms in total. The molecule has 0 aromatic rings. The van der Waals surface area contributed by atoms with E-state index in [0.29, 0.717) is 12.5 Å². The first kappa shape index (κ1) is 24.8. The molecule has 0 spiro atoms. The van der Waals surface area contributed by atoms with Gasteiger partial charge < -0.3 is 9.42 Å². The highest BCUT2D eigenvalue weighted by Crippen LogP contribution is 2.20. The van der Waals surface area contributed by atoms with Gasteiger partial charge in [-0.2, -0.15) is 0 Å². The molecule has 0 aromatic carbocycles. The van der Waals surface area contributed by atoms with Crippen molar-refractivity contribution >= 4 is 8.25 Å². The highest BCUT2D eigenvalue weighted by molar-refractivity contribution is 7.32. The summed E-state index contributed by atoms with van der Waals surface area (Å²) in [6.07, 6.45) is 30.0. The molecule has 0 bridgehead atoms. The molecule has 4 heteroatoms. The van der Waals surface area contributed by atoms with Crippen molar-refractivity contribution < 1.29 is 14.0 Å². The fraction of sp³-hybridized carbons (Fsp3) is 0.545. The zero-order valence-corrected chi connectivity index (χ0v) is 17.5. The normalized spacial score (nSPS) is 15.3. The Hall–Kier alpha value is -1.15. The van der Waals surface area contributed by atoms with E-state index < -0.39 is 8.25 Å². The molecule has 0 saturated heterocycles. The Labute approximate surface area is 161 Å². The van der Waals surface area contributed by atoms with Crippen LogP contribution in [0.15, 0.2) is 60.8 Å². The number of hydrogen-bond acceptors (Lipinski definition) is 2. The van der Waals surface area contributed by atoms with Gasteiger partial charge in [-0.05, 0) is 50.9 Å². The van der Waals surface area contributed by atoms with E-state index in [9.17, 15) is 4.57 Å². The lowest BCUT2D eigenvalue weighted by Gasteiger charge is -2.12. The molecule has 1 N–H and O–H groups in total. The molecule has 2 unspecified atom stereocenters. The van der Waals surface area contributed by atoms with Gasteiger partial charge in [-0.15, -0.1) is 0 Å². The summed E-state index contributed by atoms with van der Waals surface area (Å²) in [4.78, 5) is 8.70. The molecule has 0 aliphatic heterocycles. The first-order valence-corrected chi connectivity index (χ1v) is 11.1. The lowest BCUT2D eigenvalue weighted by atomic mass is 10.0.